The molecule has 0 saturated carbocycles. The third kappa shape index (κ3) is 2.09. The number of benzene rings is 1. The zero-order chi connectivity index (χ0) is 14.3. The molecule has 3 nitrogen and oxygen atoms in total. The third-order valence-corrected chi connectivity index (χ3v) is 2.96. The predicted octanol–water partition coefficient (Wildman–Crippen LogP) is 3.73. The molecule has 0 amide bonds. The Kier molecular flexibility index (Phi) is 2.67. The normalized spacial score (nSPS) is 11.9. The van der Waals surface area contributed by atoms with Crippen molar-refractivity contribution in [2.24, 2.45) is 0 Å². The summed E-state index contributed by atoms with van der Waals surface area (Å²) in [4.78, 5) is 4.11. The van der Waals surface area contributed by atoms with Crippen LogP contribution in [0.1, 0.15) is 5.56 Å². The first-order chi connectivity index (χ1) is 9.45. The Hall–Kier alpha value is -2.50. The monoisotopic (exact) mass is 278 g/mol. The van der Waals surface area contributed by atoms with Crippen molar-refractivity contribution in [2.45, 2.75) is 6.18 Å². The lowest BCUT2D eigenvalue weighted by molar-refractivity contribution is -0.137. The highest BCUT2D eigenvalue weighted by Gasteiger charge is 2.30. The van der Waals surface area contributed by atoms with Crippen LogP contribution in [0, 0.1) is 0 Å². The molecule has 0 fully saturated rings. The second kappa shape index (κ2) is 4.26. The number of hydrogen-bond acceptors (Lipinski definition) is 2. The van der Waals surface area contributed by atoms with Crippen LogP contribution in [0.4, 0.5) is 13.2 Å². The fourth-order valence-electron chi connectivity index (χ4n) is 2.03. The maximum atomic E-state index is 12.7. The summed E-state index contributed by atoms with van der Waals surface area (Å²) in [7, 11) is 0. The SMILES string of the molecule is Oc1ccc2cnc(-c3cccc(C(F)(F)F)c3)n2c1. The van der Waals surface area contributed by atoms with E-state index in [0.29, 0.717) is 16.9 Å². The first kappa shape index (κ1) is 12.5. The molecule has 1 aromatic carbocycles. The van der Waals surface area contributed by atoms with Crippen LogP contribution >= 0.6 is 0 Å². The van der Waals surface area contributed by atoms with Crippen molar-refractivity contribution in [3.8, 4) is 17.1 Å². The molecular formula is C14H9F3N2O. The largest absolute Gasteiger partial charge is 0.506 e. The Morgan fingerprint density at radius 3 is 2.65 bits per heavy atom. The van der Waals surface area contributed by atoms with Gasteiger partial charge < -0.3 is 5.11 Å². The summed E-state index contributed by atoms with van der Waals surface area (Å²) >= 11 is 0. The molecular weight excluding hydrogens is 269 g/mol. The molecule has 0 unspecified atom stereocenters. The Morgan fingerprint density at radius 2 is 1.90 bits per heavy atom. The Balaban J connectivity index is 2.18. The minimum absolute atomic E-state index is 0.0173. The van der Waals surface area contributed by atoms with Crippen molar-refractivity contribution in [1.29, 1.82) is 0 Å². The summed E-state index contributed by atoms with van der Waals surface area (Å²) in [6.07, 6.45) is -1.45. The second-order valence-corrected chi connectivity index (χ2v) is 4.34. The van der Waals surface area contributed by atoms with Gasteiger partial charge in [0.05, 0.1) is 23.5 Å². The predicted molar refractivity (Wildman–Crippen MR) is 67.3 cm³/mol. The molecule has 102 valence electrons. The van der Waals surface area contributed by atoms with Crippen molar-refractivity contribution in [3.63, 3.8) is 0 Å². The Morgan fingerprint density at radius 1 is 1.10 bits per heavy atom. The summed E-state index contributed by atoms with van der Waals surface area (Å²) in [5.74, 6) is 0.366. The molecule has 0 spiro atoms. The molecule has 0 aliphatic carbocycles. The molecule has 1 N–H and O–H groups in total. The molecule has 2 heterocycles. The highest BCUT2D eigenvalue weighted by Crippen LogP contribution is 2.32. The molecule has 0 radical (unpaired) electrons. The number of pyridine rings is 1. The van der Waals surface area contributed by atoms with Crippen LogP contribution in [0.15, 0.2) is 48.8 Å². The van der Waals surface area contributed by atoms with Crippen LogP contribution in [-0.4, -0.2) is 14.5 Å². The van der Waals surface area contributed by atoms with E-state index >= 15 is 0 Å². The van der Waals surface area contributed by atoms with Gasteiger partial charge in [0, 0.05) is 5.56 Å². The number of aromatic hydroxyl groups is 1. The number of aromatic nitrogens is 2. The Labute approximate surface area is 111 Å². The van der Waals surface area contributed by atoms with Gasteiger partial charge in [0.2, 0.25) is 0 Å². The average molecular weight is 278 g/mol. The lowest BCUT2D eigenvalue weighted by Crippen LogP contribution is -2.04. The average Bonchev–Trinajstić information content (AvgIpc) is 2.81. The van der Waals surface area contributed by atoms with Crippen molar-refractivity contribution in [1.82, 2.24) is 9.38 Å². The van der Waals surface area contributed by atoms with E-state index < -0.39 is 11.7 Å². The van der Waals surface area contributed by atoms with Crippen LogP contribution in [0.25, 0.3) is 16.9 Å². The van der Waals surface area contributed by atoms with Gasteiger partial charge in [-0.15, -0.1) is 0 Å². The van der Waals surface area contributed by atoms with E-state index in [1.165, 1.54) is 24.5 Å². The molecule has 0 bridgehead atoms. The minimum atomic E-state index is -4.40. The van der Waals surface area contributed by atoms with Crippen molar-refractivity contribution < 1.29 is 18.3 Å². The Bertz CT molecular complexity index is 777. The van der Waals surface area contributed by atoms with Gasteiger partial charge in [-0.1, -0.05) is 12.1 Å². The van der Waals surface area contributed by atoms with Gasteiger partial charge in [0.1, 0.15) is 11.6 Å². The lowest BCUT2D eigenvalue weighted by Gasteiger charge is -2.08. The quantitative estimate of drug-likeness (QED) is 0.736. The third-order valence-electron chi connectivity index (χ3n) is 2.96. The summed E-state index contributed by atoms with van der Waals surface area (Å²) in [5, 5.41) is 9.48. The van der Waals surface area contributed by atoms with Gasteiger partial charge in [0.15, 0.2) is 0 Å². The standard InChI is InChI=1S/C14H9F3N2O/c15-14(16,17)10-3-1-2-9(6-10)13-18-7-11-4-5-12(20)8-19(11)13/h1-8,20H. The zero-order valence-electron chi connectivity index (χ0n) is 10.1. The van der Waals surface area contributed by atoms with Crippen LogP contribution in [-0.2, 0) is 6.18 Å². The van der Waals surface area contributed by atoms with Crippen LogP contribution in [0.3, 0.4) is 0 Å². The van der Waals surface area contributed by atoms with Gasteiger partial charge in [0.25, 0.3) is 0 Å². The van der Waals surface area contributed by atoms with E-state index in [1.807, 2.05) is 0 Å². The molecule has 0 saturated heterocycles. The van der Waals surface area contributed by atoms with Gasteiger partial charge in [-0.05, 0) is 24.3 Å². The zero-order valence-corrected chi connectivity index (χ0v) is 10.1. The van der Waals surface area contributed by atoms with Crippen molar-refractivity contribution in [3.05, 3.63) is 54.4 Å². The molecule has 0 aliphatic rings. The number of nitrogens with zero attached hydrogens (tertiary/aromatic N) is 2. The van der Waals surface area contributed by atoms with Crippen LogP contribution in [0.5, 0.6) is 5.75 Å². The molecule has 2 aromatic heterocycles. The summed E-state index contributed by atoms with van der Waals surface area (Å²) in [6, 6.07) is 8.07. The highest BCUT2D eigenvalue weighted by atomic mass is 19.4. The van der Waals surface area contributed by atoms with E-state index in [1.54, 1.807) is 16.5 Å². The molecule has 20 heavy (non-hydrogen) atoms. The summed E-state index contributed by atoms with van der Waals surface area (Å²) in [5.41, 5.74) is 0.299. The second-order valence-electron chi connectivity index (χ2n) is 4.34. The fraction of sp³-hybridized carbons (Fsp3) is 0.0714. The first-order valence-corrected chi connectivity index (χ1v) is 5.79. The number of halogens is 3. The van der Waals surface area contributed by atoms with Gasteiger partial charge in [-0.3, -0.25) is 4.40 Å². The van der Waals surface area contributed by atoms with E-state index in [0.717, 1.165) is 12.1 Å². The van der Waals surface area contributed by atoms with E-state index in [4.69, 9.17) is 0 Å². The highest BCUT2D eigenvalue weighted by molar-refractivity contribution is 5.63. The molecule has 6 heteroatoms. The van der Waals surface area contributed by atoms with E-state index in [9.17, 15) is 18.3 Å². The van der Waals surface area contributed by atoms with Gasteiger partial charge >= 0.3 is 6.18 Å². The lowest BCUT2D eigenvalue weighted by atomic mass is 10.1. The van der Waals surface area contributed by atoms with Gasteiger partial charge in [-0.2, -0.15) is 13.2 Å². The fourth-order valence-corrected chi connectivity index (χ4v) is 2.03. The number of hydrogen-bond donors (Lipinski definition) is 1. The minimum Gasteiger partial charge on any atom is -0.506 e. The van der Waals surface area contributed by atoms with Crippen molar-refractivity contribution >= 4 is 5.52 Å². The maximum absolute atomic E-state index is 12.7. The molecule has 3 aromatic rings. The van der Waals surface area contributed by atoms with Crippen LogP contribution in [0.2, 0.25) is 0 Å². The van der Waals surface area contributed by atoms with Crippen molar-refractivity contribution in [2.75, 3.05) is 0 Å². The van der Waals surface area contributed by atoms with E-state index in [-0.39, 0.29) is 5.75 Å². The number of alkyl halides is 3. The first-order valence-electron chi connectivity index (χ1n) is 5.79. The summed E-state index contributed by atoms with van der Waals surface area (Å²) < 4.78 is 39.7. The van der Waals surface area contributed by atoms with Crippen LogP contribution < -0.4 is 0 Å². The summed E-state index contributed by atoms with van der Waals surface area (Å²) in [6.45, 7) is 0. The molecule has 3 rings (SSSR count). The van der Waals surface area contributed by atoms with E-state index in [2.05, 4.69) is 4.98 Å². The smallest absolute Gasteiger partial charge is 0.416 e. The number of fused-ring (bicyclic) bond motifs is 1. The topological polar surface area (TPSA) is 37.5 Å². The molecule has 0 aliphatic heterocycles. The molecule has 0 atom stereocenters. The van der Waals surface area contributed by atoms with Gasteiger partial charge in [-0.25, -0.2) is 4.98 Å². The number of rotatable bonds is 1. The maximum Gasteiger partial charge on any atom is 0.416 e. The number of imidazole rings is 1.